The second kappa shape index (κ2) is 8.35. The molecule has 11 heteroatoms. The average Bonchev–Trinajstić information content (AvgIpc) is 3.04. The van der Waals surface area contributed by atoms with Gasteiger partial charge in [0.1, 0.15) is 22.8 Å². The number of halogens is 3. The molecule has 0 spiro atoms. The Labute approximate surface area is 188 Å². The summed E-state index contributed by atoms with van der Waals surface area (Å²) >= 11 is 0. The van der Waals surface area contributed by atoms with E-state index in [-0.39, 0.29) is 6.04 Å². The van der Waals surface area contributed by atoms with Gasteiger partial charge in [-0.3, -0.25) is 4.98 Å². The summed E-state index contributed by atoms with van der Waals surface area (Å²) in [7, 11) is -2.88. The first-order chi connectivity index (χ1) is 15.6. The summed E-state index contributed by atoms with van der Waals surface area (Å²) in [4.78, 5) is 3.83. The third-order valence-electron chi connectivity index (χ3n) is 5.88. The Kier molecular flexibility index (Phi) is 5.84. The van der Waals surface area contributed by atoms with Crippen LogP contribution < -0.4 is 9.46 Å². The van der Waals surface area contributed by atoms with Crippen molar-refractivity contribution >= 4 is 20.9 Å². The molecule has 0 amide bonds. The summed E-state index contributed by atoms with van der Waals surface area (Å²) in [6, 6.07) is 8.14. The van der Waals surface area contributed by atoms with Crippen molar-refractivity contribution in [1.29, 1.82) is 5.26 Å². The van der Waals surface area contributed by atoms with Gasteiger partial charge in [0.2, 0.25) is 10.0 Å². The van der Waals surface area contributed by atoms with Crippen LogP contribution in [0.5, 0.6) is 5.75 Å². The molecular weight excluding hydrogens is 457 g/mol. The maximum absolute atomic E-state index is 12.8. The van der Waals surface area contributed by atoms with E-state index in [9.17, 15) is 26.9 Å². The highest BCUT2D eigenvalue weighted by atomic mass is 32.2. The molecule has 2 aromatic heterocycles. The zero-order chi connectivity index (χ0) is 24.0. The van der Waals surface area contributed by atoms with Gasteiger partial charge in [0.05, 0.1) is 29.6 Å². The molecule has 7 nitrogen and oxygen atoms in total. The van der Waals surface area contributed by atoms with Crippen LogP contribution in [0.4, 0.5) is 13.2 Å². The summed E-state index contributed by atoms with van der Waals surface area (Å²) in [6.45, 7) is 0.726. The average molecular weight is 478 g/mol. The molecule has 0 bridgehead atoms. The second-order valence-corrected chi connectivity index (χ2v) is 9.65. The molecule has 0 aliphatic heterocycles. The molecule has 1 fully saturated rings. The van der Waals surface area contributed by atoms with Crippen LogP contribution in [0.15, 0.2) is 41.4 Å². The number of nitriles is 1. The Morgan fingerprint density at radius 2 is 2.00 bits per heavy atom. The number of nitrogens with one attached hydrogen (secondary N) is 1. The van der Waals surface area contributed by atoms with E-state index < -0.39 is 27.1 Å². The fourth-order valence-corrected chi connectivity index (χ4v) is 5.03. The number of benzene rings is 1. The molecule has 1 aliphatic carbocycles. The van der Waals surface area contributed by atoms with Crippen molar-refractivity contribution in [2.75, 3.05) is 7.11 Å². The molecule has 4 rings (SSSR count). The van der Waals surface area contributed by atoms with E-state index in [0.717, 1.165) is 43.3 Å². The van der Waals surface area contributed by atoms with Crippen LogP contribution in [0.25, 0.3) is 22.3 Å². The van der Waals surface area contributed by atoms with E-state index in [0.29, 0.717) is 22.7 Å². The molecule has 174 valence electrons. The molecule has 0 radical (unpaired) electrons. The maximum Gasteiger partial charge on any atom is 0.404 e. The molecule has 1 aliphatic rings. The highest BCUT2D eigenvalue weighted by molar-refractivity contribution is 7.89. The Balaban J connectivity index is 1.80. The molecule has 1 N–H and O–H groups in total. The highest BCUT2D eigenvalue weighted by Crippen LogP contribution is 2.42. The minimum absolute atomic E-state index is 0.149. The van der Waals surface area contributed by atoms with Gasteiger partial charge in [0.25, 0.3) is 0 Å². The smallest absolute Gasteiger partial charge is 0.404 e. The van der Waals surface area contributed by atoms with Crippen molar-refractivity contribution in [1.82, 2.24) is 14.3 Å². The standard InChI is InChI=1S/C22H21F3N4O3S/c1-13(22(23,24)25)28-33(30,31)16-7-9-19(27-12-16)21-18(11-26)17-8-6-15(32-2)10-20(17)29(21)14-4-3-5-14/h6-10,12-14,28H,3-5H2,1-2H3. The molecule has 0 saturated heterocycles. The predicted molar refractivity (Wildman–Crippen MR) is 115 cm³/mol. The number of nitrogens with zero attached hydrogens (tertiary/aromatic N) is 3. The van der Waals surface area contributed by atoms with E-state index in [1.54, 1.807) is 24.0 Å². The van der Waals surface area contributed by atoms with Gasteiger partial charge < -0.3 is 9.30 Å². The summed E-state index contributed by atoms with van der Waals surface area (Å²) in [5.41, 5.74) is 2.11. The fraction of sp³-hybridized carbons (Fsp3) is 0.364. The lowest BCUT2D eigenvalue weighted by Gasteiger charge is -2.30. The first-order valence-electron chi connectivity index (χ1n) is 10.2. The molecule has 1 atom stereocenters. The number of ether oxygens (including phenoxy) is 1. The van der Waals surface area contributed by atoms with Gasteiger partial charge in [0, 0.05) is 23.7 Å². The van der Waals surface area contributed by atoms with Crippen molar-refractivity contribution in [2.24, 2.45) is 0 Å². The number of alkyl halides is 3. The minimum Gasteiger partial charge on any atom is -0.497 e. The summed E-state index contributed by atoms with van der Waals surface area (Å²) < 4.78 is 72.1. The van der Waals surface area contributed by atoms with Crippen LogP contribution in [-0.4, -0.2) is 37.3 Å². The topological polar surface area (TPSA) is 97.0 Å². The maximum atomic E-state index is 12.8. The van der Waals surface area contributed by atoms with Crippen molar-refractivity contribution < 1.29 is 26.3 Å². The molecule has 1 aromatic carbocycles. The first-order valence-corrected chi connectivity index (χ1v) is 11.7. The number of rotatable bonds is 6. The quantitative estimate of drug-likeness (QED) is 0.561. The van der Waals surface area contributed by atoms with E-state index in [1.807, 2.05) is 10.6 Å². The Morgan fingerprint density at radius 3 is 2.52 bits per heavy atom. The lowest BCUT2D eigenvalue weighted by atomic mass is 9.92. The number of hydrogen-bond acceptors (Lipinski definition) is 5. The third-order valence-corrected chi connectivity index (χ3v) is 7.40. The number of pyridine rings is 1. The van der Waals surface area contributed by atoms with Gasteiger partial charge >= 0.3 is 6.18 Å². The van der Waals surface area contributed by atoms with E-state index in [1.165, 1.54) is 12.1 Å². The Morgan fingerprint density at radius 1 is 1.27 bits per heavy atom. The fourth-order valence-electron chi connectivity index (χ4n) is 3.85. The Bertz CT molecular complexity index is 1340. The number of hydrogen-bond donors (Lipinski definition) is 1. The summed E-state index contributed by atoms with van der Waals surface area (Å²) in [5.74, 6) is 0.635. The van der Waals surface area contributed by atoms with Crippen molar-refractivity contribution in [3.05, 3.63) is 42.1 Å². The minimum atomic E-state index is -4.72. The monoisotopic (exact) mass is 478 g/mol. The zero-order valence-electron chi connectivity index (χ0n) is 17.8. The molecule has 1 saturated carbocycles. The lowest BCUT2D eigenvalue weighted by molar-refractivity contribution is -0.147. The van der Waals surface area contributed by atoms with Crippen LogP contribution in [0, 0.1) is 11.3 Å². The van der Waals surface area contributed by atoms with Crippen molar-refractivity contribution in [3.8, 4) is 23.2 Å². The number of methoxy groups -OCH3 is 1. The van der Waals surface area contributed by atoms with Gasteiger partial charge in [-0.05, 0) is 50.5 Å². The molecule has 33 heavy (non-hydrogen) atoms. The summed E-state index contributed by atoms with van der Waals surface area (Å²) in [5, 5.41) is 10.6. The second-order valence-electron chi connectivity index (χ2n) is 7.94. The van der Waals surface area contributed by atoms with Crippen LogP contribution in [-0.2, 0) is 10.0 Å². The van der Waals surface area contributed by atoms with Crippen LogP contribution in [0.2, 0.25) is 0 Å². The SMILES string of the molecule is COc1ccc2c(C#N)c(-c3ccc(S(=O)(=O)NC(C)C(F)(F)F)cn3)n(C3CCC3)c2c1. The lowest BCUT2D eigenvalue weighted by Crippen LogP contribution is -2.42. The molecular formula is C22H21F3N4O3S. The predicted octanol–water partition coefficient (Wildman–Crippen LogP) is 4.54. The van der Waals surface area contributed by atoms with Gasteiger partial charge in [-0.25, -0.2) is 8.42 Å². The van der Waals surface area contributed by atoms with Crippen LogP contribution in [0.1, 0.15) is 37.8 Å². The van der Waals surface area contributed by atoms with Crippen LogP contribution in [0.3, 0.4) is 0 Å². The van der Waals surface area contributed by atoms with Crippen LogP contribution >= 0.6 is 0 Å². The Hall–Kier alpha value is -3.10. The summed E-state index contributed by atoms with van der Waals surface area (Å²) in [6.07, 6.45) is -0.823. The first kappa shape index (κ1) is 23.1. The van der Waals surface area contributed by atoms with Gasteiger partial charge in [-0.15, -0.1) is 0 Å². The molecule has 2 heterocycles. The molecule has 3 aromatic rings. The third kappa shape index (κ3) is 4.16. The van der Waals surface area contributed by atoms with E-state index in [4.69, 9.17) is 4.74 Å². The van der Waals surface area contributed by atoms with Crippen molar-refractivity contribution in [2.45, 2.75) is 49.3 Å². The van der Waals surface area contributed by atoms with Gasteiger partial charge in [-0.2, -0.15) is 23.2 Å². The van der Waals surface area contributed by atoms with E-state index >= 15 is 0 Å². The molecule has 1 unspecified atom stereocenters. The number of sulfonamides is 1. The highest BCUT2D eigenvalue weighted by Gasteiger charge is 2.39. The van der Waals surface area contributed by atoms with Crippen molar-refractivity contribution in [3.63, 3.8) is 0 Å². The number of aromatic nitrogens is 2. The van der Waals surface area contributed by atoms with Gasteiger partial charge in [0.15, 0.2) is 0 Å². The largest absolute Gasteiger partial charge is 0.497 e. The van der Waals surface area contributed by atoms with Gasteiger partial charge in [-0.1, -0.05) is 0 Å². The number of fused-ring (bicyclic) bond motifs is 1. The zero-order valence-corrected chi connectivity index (χ0v) is 18.7. The van der Waals surface area contributed by atoms with E-state index in [2.05, 4.69) is 11.1 Å². The normalized spacial score (nSPS) is 15.8.